The fourth-order valence-corrected chi connectivity index (χ4v) is 4.90. The van der Waals surface area contributed by atoms with Gasteiger partial charge in [0.15, 0.2) is 0 Å². The summed E-state index contributed by atoms with van der Waals surface area (Å²) in [5, 5.41) is 0. The van der Waals surface area contributed by atoms with E-state index < -0.39 is 0 Å². The molecule has 0 saturated carbocycles. The van der Waals surface area contributed by atoms with Crippen molar-refractivity contribution in [3.05, 3.63) is 23.5 Å². The number of carbonyl (C=O) groups excluding carboxylic acids is 2. The van der Waals surface area contributed by atoms with E-state index in [1.54, 1.807) is 6.92 Å². The number of hydrogen-bond acceptors (Lipinski definition) is 5. The molecule has 0 aromatic carbocycles. The summed E-state index contributed by atoms with van der Waals surface area (Å²) < 4.78 is 0. The molecule has 29 heavy (non-hydrogen) atoms. The maximum absolute atomic E-state index is 12.7. The topological polar surface area (TPSA) is 60.0 Å². The number of anilines is 1. The SMILES string of the molecule is CC(=O)N1CCN(c2cc(C)nc([C@@H]3CCCN3CC(=O)N3CCCC3)c2)CC1. The molecule has 0 aliphatic carbocycles. The number of nitrogens with zero attached hydrogens (tertiary/aromatic N) is 5. The standard InChI is InChI=1S/C22H33N5O2/c1-17-14-19(25-12-10-24(11-13-25)18(2)28)15-20(23-17)21-6-5-9-27(21)16-22(29)26-7-3-4-8-26/h14-15,21H,3-13,16H2,1-2H3/t21-/m0/s1. The molecule has 4 heterocycles. The second kappa shape index (κ2) is 8.69. The minimum absolute atomic E-state index is 0.153. The van der Waals surface area contributed by atoms with Gasteiger partial charge in [-0.15, -0.1) is 0 Å². The van der Waals surface area contributed by atoms with Crippen LogP contribution >= 0.6 is 0 Å². The van der Waals surface area contributed by atoms with Crippen molar-refractivity contribution in [3.8, 4) is 0 Å². The van der Waals surface area contributed by atoms with Gasteiger partial charge in [-0.3, -0.25) is 19.5 Å². The molecule has 0 N–H and O–H groups in total. The number of pyridine rings is 1. The van der Waals surface area contributed by atoms with Crippen LogP contribution < -0.4 is 4.90 Å². The summed E-state index contributed by atoms with van der Waals surface area (Å²) >= 11 is 0. The van der Waals surface area contributed by atoms with E-state index in [1.165, 1.54) is 5.69 Å². The zero-order valence-electron chi connectivity index (χ0n) is 17.8. The van der Waals surface area contributed by atoms with Gasteiger partial charge in [0.2, 0.25) is 11.8 Å². The van der Waals surface area contributed by atoms with Crippen LogP contribution in [0.5, 0.6) is 0 Å². The zero-order chi connectivity index (χ0) is 20.4. The fraction of sp³-hybridized carbons (Fsp3) is 0.682. The van der Waals surface area contributed by atoms with Gasteiger partial charge in [-0.05, 0) is 51.3 Å². The molecule has 1 atom stereocenters. The van der Waals surface area contributed by atoms with Crippen LogP contribution in [0.15, 0.2) is 12.1 Å². The predicted octanol–water partition coefficient (Wildman–Crippen LogP) is 1.82. The van der Waals surface area contributed by atoms with Gasteiger partial charge in [-0.1, -0.05) is 0 Å². The Morgan fingerprint density at radius 2 is 1.69 bits per heavy atom. The molecule has 158 valence electrons. The van der Waals surface area contributed by atoms with Crippen molar-refractivity contribution in [1.82, 2.24) is 19.7 Å². The highest BCUT2D eigenvalue weighted by atomic mass is 16.2. The molecule has 1 aromatic rings. The summed E-state index contributed by atoms with van der Waals surface area (Å²) in [6.07, 6.45) is 4.44. The van der Waals surface area contributed by atoms with Crippen molar-refractivity contribution in [2.75, 3.05) is 57.3 Å². The highest BCUT2D eigenvalue weighted by Crippen LogP contribution is 2.33. The van der Waals surface area contributed by atoms with Crippen LogP contribution in [0, 0.1) is 6.92 Å². The van der Waals surface area contributed by atoms with Crippen LogP contribution in [0.4, 0.5) is 5.69 Å². The highest BCUT2D eigenvalue weighted by molar-refractivity contribution is 5.78. The summed E-state index contributed by atoms with van der Waals surface area (Å²) in [6.45, 7) is 10.2. The number of piperazine rings is 1. The largest absolute Gasteiger partial charge is 0.368 e. The van der Waals surface area contributed by atoms with Crippen molar-refractivity contribution in [2.45, 2.75) is 45.6 Å². The van der Waals surface area contributed by atoms with E-state index in [4.69, 9.17) is 4.98 Å². The number of amides is 2. The Labute approximate surface area is 173 Å². The molecule has 7 nitrogen and oxygen atoms in total. The molecule has 3 fully saturated rings. The normalized spacial score (nSPS) is 23.1. The molecule has 3 saturated heterocycles. The van der Waals surface area contributed by atoms with Gasteiger partial charge in [0, 0.05) is 57.6 Å². The fourth-order valence-electron chi connectivity index (χ4n) is 4.90. The van der Waals surface area contributed by atoms with E-state index in [0.717, 1.165) is 82.9 Å². The van der Waals surface area contributed by atoms with Gasteiger partial charge in [0.05, 0.1) is 18.3 Å². The van der Waals surface area contributed by atoms with Crippen LogP contribution in [-0.4, -0.2) is 83.9 Å². The Balaban J connectivity index is 1.46. The van der Waals surface area contributed by atoms with Crippen LogP contribution in [0.1, 0.15) is 50.0 Å². The molecule has 7 heteroatoms. The molecule has 0 radical (unpaired) electrons. The van der Waals surface area contributed by atoms with Gasteiger partial charge >= 0.3 is 0 Å². The lowest BCUT2D eigenvalue weighted by molar-refractivity contribution is -0.131. The minimum atomic E-state index is 0.153. The lowest BCUT2D eigenvalue weighted by Gasteiger charge is -2.36. The van der Waals surface area contributed by atoms with Crippen molar-refractivity contribution in [2.24, 2.45) is 0 Å². The second-order valence-corrected chi connectivity index (χ2v) is 8.60. The number of hydrogen-bond donors (Lipinski definition) is 0. The number of aryl methyl sites for hydroxylation is 1. The van der Waals surface area contributed by atoms with E-state index >= 15 is 0 Å². The van der Waals surface area contributed by atoms with E-state index in [0.29, 0.717) is 6.54 Å². The average Bonchev–Trinajstić information content (AvgIpc) is 3.39. The lowest BCUT2D eigenvalue weighted by atomic mass is 10.1. The van der Waals surface area contributed by atoms with Crippen LogP contribution in [0.3, 0.4) is 0 Å². The molecule has 0 spiro atoms. The lowest BCUT2D eigenvalue weighted by Crippen LogP contribution is -2.48. The third-order valence-electron chi connectivity index (χ3n) is 6.55. The highest BCUT2D eigenvalue weighted by Gasteiger charge is 2.31. The van der Waals surface area contributed by atoms with E-state index in [1.807, 2.05) is 16.7 Å². The quantitative estimate of drug-likeness (QED) is 0.773. The molecular formula is C22H33N5O2. The Morgan fingerprint density at radius 1 is 0.966 bits per heavy atom. The first-order valence-corrected chi connectivity index (χ1v) is 11.0. The Morgan fingerprint density at radius 3 is 2.38 bits per heavy atom. The van der Waals surface area contributed by atoms with E-state index in [-0.39, 0.29) is 17.9 Å². The number of carbonyl (C=O) groups is 2. The molecule has 2 amide bonds. The number of rotatable bonds is 4. The molecule has 0 unspecified atom stereocenters. The smallest absolute Gasteiger partial charge is 0.236 e. The molecule has 3 aliphatic heterocycles. The summed E-state index contributed by atoms with van der Waals surface area (Å²) in [7, 11) is 0. The third kappa shape index (κ3) is 4.55. The van der Waals surface area contributed by atoms with Gasteiger partial charge in [0.1, 0.15) is 0 Å². The van der Waals surface area contributed by atoms with Crippen LogP contribution in [0.2, 0.25) is 0 Å². The molecule has 3 aliphatic rings. The van der Waals surface area contributed by atoms with Gasteiger partial charge in [0.25, 0.3) is 0 Å². The van der Waals surface area contributed by atoms with Crippen molar-refractivity contribution < 1.29 is 9.59 Å². The maximum atomic E-state index is 12.7. The minimum Gasteiger partial charge on any atom is -0.368 e. The Hall–Kier alpha value is -2.15. The number of likely N-dealkylation sites (tertiary alicyclic amines) is 2. The molecule has 1 aromatic heterocycles. The van der Waals surface area contributed by atoms with Crippen LogP contribution in [-0.2, 0) is 9.59 Å². The molecule has 4 rings (SSSR count). The second-order valence-electron chi connectivity index (χ2n) is 8.60. The van der Waals surface area contributed by atoms with E-state index in [9.17, 15) is 9.59 Å². The van der Waals surface area contributed by atoms with E-state index in [2.05, 4.69) is 21.9 Å². The summed E-state index contributed by atoms with van der Waals surface area (Å²) in [6, 6.07) is 4.57. The Bertz CT molecular complexity index is 754. The van der Waals surface area contributed by atoms with Crippen molar-refractivity contribution in [3.63, 3.8) is 0 Å². The Kier molecular flexibility index (Phi) is 6.04. The maximum Gasteiger partial charge on any atom is 0.236 e. The summed E-state index contributed by atoms with van der Waals surface area (Å²) in [5.74, 6) is 0.420. The van der Waals surface area contributed by atoms with Gasteiger partial charge < -0.3 is 14.7 Å². The third-order valence-corrected chi connectivity index (χ3v) is 6.55. The first kappa shape index (κ1) is 20.1. The molecule has 0 bridgehead atoms. The average molecular weight is 400 g/mol. The van der Waals surface area contributed by atoms with Crippen LogP contribution in [0.25, 0.3) is 0 Å². The summed E-state index contributed by atoms with van der Waals surface area (Å²) in [5.41, 5.74) is 3.29. The predicted molar refractivity (Wildman–Crippen MR) is 113 cm³/mol. The zero-order valence-corrected chi connectivity index (χ0v) is 17.8. The van der Waals surface area contributed by atoms with Gasteiger partial charge in [-0.25, -0.2) is 0 Å². The monoisotopic (exact) mass is 399 g/mol. The molecular weight excluding hydrogens is 366 g/mol. The first-order valence-electron chi connectivity index (χ1n) is 11.0. The van der Waals surface area contributed by atoms with Gasteiger partial charge in [-0.2, -0.15) is 0 Å². The first-order chi connectivity index (χ1) is 14.0. The van der Waals surface area contributed by atoms with Crippen molar-refractivity contribution in [1.29, 1.82) is 0 Å². The number of aromatic nitrogens is 1. The summed E-state index contributed by atoms with van der Waals surface area (Å²) in [4.78, 5) is 37.7. The van der Waals surface area contributed by atoms with Crippen molar-refractivity contribution >= 4 is 17.5 Å².